The first-order valence-electron chi connectivity index (χ1n) is 6.81. The van der Waals surface area contributed by atoms with E-state index in [1.807, 2.05) is 16.7 Å². The Kier molecular flexibility index (Phi) is 5.01. The summed E-state index contributed by atoms with van der Waals surface area (Å²) in [7, 11) is 0. The van der Waals surface area contributed by atoms with Crippen LogP contribution in [-0.2, 0) is 11.3 Å². The number of aliphatic carboxylic acids is 1. The van der Waals surface area contributed by atoms with Crippen LogP contribution in [0.2, 0.25) is 0 Å². The van der Waals surface area contributed by atoms with Crippen LogP contribution in [0, 0.1) is 6.92 Å². The lowest BCUT2D eigenvalue weighted by atomic mass is 10.1. The standard InChI is InChI=1S/C15H19N3O2S/c1-10(2)14-16-17-15(21-9-13(19)20)18(14)8-12-7-5-4-6-11(12)3/h4-7,10H,8-9H2,1-3H3,(H,19,20). The first kappa shape index (κ1) is 15.6. The van der Waals surface area contributed by atoms with Crippen LogP contribution in [-0.4, -0.2) is 31.6 Å². The summed E-state index contributed by atoms with van der Waals surface area (Å²) in [4.78, 5) is 10.8. The number of benzene rings is 1. The van der Waals surface area contributed by atoms with E-state index in [9.17, 15) is 4.79 Å². The van der Waals surface area contributed by atoms with Crippen LogP contribution < -0.4 is 0 Å². The van der Waals surface area contributed by atoms with Gasteiger partial charge in [0.15, 0.2) is 5.16 Å². The molecule has 0 amide bonds. The van der Waals surface area contributed by atoms with Gasteiger partial charge in [-0.05, 0) is 18.1 Å². The number of carboxylic acids is 1. The van der Waals surface area contributed by atoms with Gasteiger partial charge in [0, 0.05) is 5.92 Å². The number of carboxylic acid groups (broad SMARTS) is 1. The van der Waals surface area contributed by atoms with Gasteiger partial charge in [-0.15, -0.1) is 10.2 Å². The summed E-state index contributed by atoms with van der Waals surface area (Å²) in [6.45, 7) is 6.85. The largest absolute Gasteiger partial charge is 0.481 e. The number of aryl methyl sites for hydroxylation is 1. The molecule has 0 aliphatic carbocycles. The van der Waals surface area contributed by atoms with Crippen LogP contribution in [0.4, 0.5) is 0 Å². The number of carbonyl (C=O) groups is 1. The van der Waals surface area contributed by atoms with Gasteiger partial charge in [0.05, 0.1) is 12.3 Å². The van der Waals surface area contributed by atoms with Crippen LogP contribution in [0.15, 0.2) is 29.4 Å². The van der Waals surface area contributed by atoms with Crippen LogP contribution >= 0.6 is 11.8 Å². The van der Waals surface area contributed by atoms with Crippen LogP contribution in [0.3, 0.4) is 0 Å². The molecule has 21 heavy (non-hydrogen) atoms. The topological polar surface area (TPSA) is 68.0 Å². The van der Waals surface area contributed by atoms with Crippen LogP contribution in [0.5, 0.6) is 0 Å². The maximum atomic E-state index is 10.8. The maximum absolute atomic E-state index is 10.8. The van der Waals surface area contributed by atoms with Crippen LogP contribution in [0.25, 0.3) is 0 Å². The van der Waals surface area contributed by atoms with Crippen molar-refractivity contribution in [2.45, 2.75) is 38.4 Å². The molecular weight excluding hydrogens is 286 g/mol. The van der Waals surface area contributed by atoms with Crippen molar-refractivity contribution in [3.05, 3.63) is 41.2 Å². The van der Waals surface area contributed by atoms with E-state index in [0.717, 1.165) is 5.82 Å². The molecule has 112 valence electrons. The minimum absolute atomic E-state index is 0.00992. The van der Waals surface area contributed by atoms with E-state index in [2.05, 4.69) is 43.1 Å². The molecule has 1 aromatic carbocycles. The van der Waals surface area contributed by atoms with Gasteiger partial charge in [-0.25, -0.2) is 0 Å². The highest BCUT2D eigenvalue weighted by molar-refractivity contribution is 7.99. The molecule has 0 radical (unpaired) electrons. The number of hydrogen-bond donors (Lipinski definition) is 1. The Labute approximate surface area is 128 Å². The van der Waals surface area contributed by atoms with E-state index in [1.54, 1.807) is 0 Å². The quantitative estimate of drug-likeness (QED) is 0.831. The van der Waals surface area contributed by atoms with Gasteiger partial charge in [0.2, 0.25) is 0 Å². The summed E-state index contributed by atoms with van der Waals surface area (Å²) in [6.07, 6.45) is 0. The first-order chi connectivity index (χ1) is 9.99. The Morgan fingerprint density at radius 1 is 1.33 bits per heavy atom. The Morgan fingerprint density at radius 2 is 2.05 bits per heavy atom. The molecule has 0 atom stereocenters. The summed E-state index contributed by atoms with van der Waals surface area (Å²) in [5.41, 5.74) is 2.39. The maximum Gasteiger partial charge on any atom is 0.313 e. The third-order valence-corrected chi connectivity index (χ3v) is 4.13. The van der Waals surface area contributed by atoms with Crippen molar-refractivity contribution in [3.8, 4) is 0 Å². The molecule has 5 nitrogen and oxygen atoms in total. The molecule has 1 N–H and O–H groups in total. The van der Waals surface area contributed by atoms with Crippen molar-refractivity contribution < 1.29 is 9.90 Å². The third-order valence-electron chi connectivity index (χ3n) is 3.18. The van der Waals surface area contributed by atoms with Crippen molar-refractivity contribution >= 4 is 17.7 Å². The summed E-state index contributed by atoms with van der Waals surface area (Å²) in [5.74, 6) is 0.257. The highest BCUT2D eigenvalue weighted by Crippen LogP contribution is 2.23. The van der Waals surface area contributed by atoms with E-state index in [4.69, 9.17) is 5.11 Å². The van der Waals surface area contributed by atoms with Gasteiger partial charge in [-0.3, -0.25) is 4.79 Å². The van der Waals surface area contributed by atoms with Gasteiger partial charge in [0.25, 0.3) is 0 Å². The summed E-state index contributed by atoms with van der Waals surface area (Å²) in [6, 6.07) is 8.16. The Hall–Kier alpha value is -1.82. The van der Waals surface area contributed by atoms with E-state index in [-0.39, 0.29) is 11.7 Å². The first-order valence-corrected chi connectivity index (χ1v) is 7.79. The van der Waals surface area contributed by atoms with Gasteiger partial charge >= 0.3 is 5.97 Å². The molecule has 0 spiro atoms. The van der Waals surface area contributed by atoms with Gasteiger partial charge in [-0.2, -0.15) is 0 Å². The summed E-state index contributed by atoms with van der Waals surface area (Å²) < 4.78 is 2.01. The lowest BCUT2D eigenvalue weighted by Crippen LogP contribution is -2.10. The lowest BCUT2D eigenvalue weighted by molar-refractivity contribution is -0.133. The predicted molar refractivity (Wildman–Crippen MR) is 82.8 cm³/mol. The second-order valence-electron chi connectivity index (χ2n) is 5.19. The number of hydrogen-bond acceptors (Lipinski definition) is 4. The number of thioether (sulfide) groups is 1. The van der Waals surface area contributed by atoms with Crippen LogP contribution in [0.1, 0.15) is 36.7 Å². The zero-order valence-electron chi connectivity index (χ0n) is 12.4. The minimum Gasteiger partial charge on any atom is -0.481 e. The second kappa shape index (κ2) is 6.76. The van der Waals surface area contributed by atoms with Gasteiger partial charge in [0.1, 0.15) is 5.82 Å². The molecule has 0 aliphatic heterocycles. The molecule has 2 rings (SSSR count). The SMILES string of the molecule is Cc1ccccc1Cn1c(SCC(=O)O)nnc1C(C)C. The molecule has 0 unspecified atom stereocenters. The molecule has 2 aromatic rings. The number of aromatic nitrogens is 3. The highest BCUT2D eigenvalue weighted by Gasteiger charge is 2.17. The fraction of sp³-hybridized carbons (Fsp3) is 0.400. The molecule has 0 saturated heterocycles. The van der Waals surface area contributed by atoms with E-state index in [1.165, 1.54) is 22.9 Å². The summed E-state index contributed by atoms with van der Waals surface area (Å²) in [5, 5.41) is 17.9. The molecule has 1 heterocycles. The van der Waals surface area contributed by atoms with Crippen molar-refractivity contribution in [2.75, 3.05) is 5.75 Å². The average molecular weight is 305 g/mol. The average Bonchev–Trinajstić information content (AvgIpc) is 2.82. The Bertz CT molecular complexity index is 638. The zero-order chi connectivity index (χ0) is 15.4. The molecular formula is C15H19N3O2S. The molecule has 0 saturated carbocycles. The number of rotatable bonds is 6. The molecule has 1 aromatic heterocycles. The van der Waals surface area contributed by atoms with Gasteiger partial charge < -0.3 is 9.67 Å². The van der Waals surface area contributed by atoms with E-state index in [0.29, 0.717) is 11.7 Å². The normalized spacial score (nSPS) is 11.0. The Morgan fingerprint density at radius 3 is 2.67 bits per heavy atom. The van der Waals surface area contributed by atoms with Crippen molar-refractivity contribution in [1.29, 1.82) is 0 Å². The lowest BCUT2D eigenvalue weighted by Gasteiger charge is -2.13. The number of nitrogens with zero attached hydrogens (tertiary/aromatic N) is 3. The fourth-order valence-electron chi connectivity index (χ4n) is 2.07. The predicted octanol–water partition coefficient (Wildman–Crippen LogP) is 2.93. The Balaban J connectivity index is 2.32. The highest BCUT2D eigenvalue weighted by atomic mass is 32.2. The fourth-order valence-corrected chi connectivity index (χ4v) is 2.73. The molecule has 6 heteroatoms. The second-order valence-corrected chi connectivity index (χ2v) is 6.13. The zero-order valence-corrected chi connectivity index (χ0v) is 13.2. The minimum atomic E-state index is -0.850. The van der Waals surface area contributed by atoms with Crippen molar-refractivity contribution in [2.24, 2.45) is 0 Å². The third kappa shape index (κ3) is 3.85. The summed E-state index contributed by atoms with van der Waals surface area (Å²) >= 11 is 1.21. The van der Waals surface area contributed by atoms with Crippen molar-refractivity contribution in [3.63, 3.8) is 0 Å². The monoisotopic (exact) mass is 305 g/mol. The molecule has 0 fully saturated rings. The molecule has 0 bridgehead atoms. The molecule has 0 aliphatic rings. The van der Waals surface area contributed by atoms with Crippen molar-refractivity contribution in [1.82, 2.24) is 14.8 Å². The van der Waals surface area contributed by atoms with E-state index < -0.39 is 5.97 Å². The smallest absolute Gasteiger partial charge is 0.313 e. The van der Waals surface area contributed by atoms with E-state index >= 15 is 0 Å². The van der Waals surface area contributed by atoms with Gasteiger partial charge in [-0.1, -0.05) is 49.9 Å².